The Morgan fingerprint density at radius 3 is 2.71 bits per heavy atom. The van der Waals surface area contributed by atoms with Crippen molar-refractivity contribution in [2.24, 2.45) is 5.92 Å². The van der Waals surface area contributed by atoms with Crippen LogP contribution in [0.1, 0.15) is 30.6 Å². The highest BCUT2D eigenvalue weighted by molar-refractivity contribution is 5.94. The second-order valence-electron chi connectivity index (χ2n) is 4.74. The zero-order valence-electron chi connectivity index (χ0n) is 11.2. The highest BCUT2D eigenvalue weighted by Crippen LogP contribution is 2.12. The van der Waals surface area contributed by atoms with Crippen LogP contribution in [0.25, 0.3) is 0 Å². The second-order valence-corrected chi connectivity index (χ2v) is 4.74. The summed E-state index contributed by atoms with van der Waals surface area (Å²) in [6, 6.07) is 7.59. The largest absolute Gasteiger partial charge is 0.388 e. The highest BCUT2D eigenvalue weighted by Gasteiger charge is 2.11. The van der Waals surface area contributed by atoms with Crippen molar-refractivity contribution in [3.63, 3.8) is 0 Å². The van der Waals surface area contributed by atoms with E-state index in [2.05, 4.69) is 19.2 Å². The number of amides is 1. The van der Waals surface area contributed by atoms with Crippen LogP contribution in [0.5, 0.6) is 0 Å². The molecule has 0 saturated carbocycles. The van der Waals surface area contributed by atoms with Crippen molar-refractivity contribution < 1.29 is 4.79 Å². The van der Waals surface area contributed by atoms with Gasteiger partial charge in [-0.05, 0) is 30.5 Å². The lowest BCUT2D eigenvalue weighted by atomic mass is 10.1. The van der Waals surface area contributed by atoms with Crippen LogP contribution >= 0.6 is 0 Å². The number of nitrogens with zero attached hydrogens (tertiary/aromatic N) is 1. The number of carbonyl (C=O) groups is 1. The Labute approximate surface area is 104 Å². The molecule has 0 radical (unpaired) electrons. The molecule has 0 unspecified atom stereocenters. The van der Waals surface area contributed by atoms with Crippen molar-refractivity contribution in [1.82, 2.24) is 4.90 Å². The maximum atomic E-state index is 12.1. The van der Waals surface area contributed by atoms with E-state index in [9.17, 15) is 4.79 Å². The minimum absolute atomic E-state index is 0.0859. The summed E-state index contributed by atoms with van der Waals surface area (Å²) < 4.78 is 0. The normalized spacial score (nSPS) is 10.4. The molecule has 1 aromatic carbocycles. The first-order valence-electron chi connectivity index (χ1n) is 6.08. The predicted octanol–water partition coefficient (Wildman–Crippen LogP) is 2.85. The van der Waals surface area contributed by atoms with Crippen molar-refractivity contribution in [2.75, 3.05) is 26.0 Å². The summed E-state index contributed by atoms with van der Waals surface area (Å²) in [5.74, 6) is 0.705. The molecule has 94 valence electrons. The summed E-state index contributed by atoms with van der Waals surface area (Å²) in [5, 5.41) is 3.04. The molecule has 1 rings (SSSR count). The van der Waals surface area contributed by atoms with Gasteiger partial charge in [-0.15, -0.1) is 0 Å². The molecule has 1 aromatic rings. The lowest BCUT2D eigenvalue weighted by Crippen LogP contribution is -2.28. The first-order valence-corrected chi connectivity index (χ1v) is 6.08. The number of nitrogens with one attached hydrogen (secondary N) is 1. The van der Waals surface area contributed by atoms with Crippen LogP contribution in [0.3, 0.4) is 0 Å². The van der Waals surface area contributed by atoms with E-state index in [1.54, 1.807) is 4.90 Å². The summed E-state index contributed by atoms with van der Waals surface area (Å²) in [6.07, 6.45) is 1.04. The van der Waals surface area contributed by atoms with Crippen molar-refractivity contribution in [2.45, 2.75) is 20.3 Å². The number of hydrogen-bond donors (Lipinski definition) is 1. The first kappa shape index (κ1) is 13.6. The van der Waals surface area contributed by atoms with Crippen LogP contribution in [0, 0.1) is 5.92 Å². The molecule has 0 aliphatic carbocycles. The quantitative estimate of drug-likeness (QED) is 0.849. The molecule has 0 heterocycles. The SMILES string of the molecule is CNc1cccc(C(=O)N(C)CCC(C)C)c1. The molecule has 0 aliphatic heterocycles. The fourth-order valence-electron chi connectivity index (χ4n) is 1.58. The Bertz CT molecular complexity index is 374. The average Bonchev–Trinajstić information content (AvgIpc) is 2.35. The Morgan fingerprint density at radius 1 is 1.41 bits per heavy atom. The van der Waals surface area contributed by atoms with Crippen LogP contribution in [-0.4, -0.2) is 31.4 Å². The minimum Gasteiger partial charge on any atom is -0.388 e. The van der Waals surface area contributed by atoms with Gasteiger partial charge in [0.1, 0.15) is 0 Å². The van der Waals surface area contributed by atoms with E-state index in [4.69, 9.17) is 0 Å². The maximum Gasteiger partial charge on any atom is 0.253 e. The molecule has 0 atom stereocenters. The molecule has 1 amide bonds. The van der Waals surface area contributed by atoms with Crippen LogP contribution in [0.15, 0.2) is 24.3 Å². The molecule has 0 saturated heterocycles. The third kappa shape index (κ3) is 4.10. The zero-order chi connectivity index (χ0) is 12.8. The van der Waals surface area contributed by atoms with Gasteiger partial charge < -0.3 is 10.2 Å². The van der Waals surface area contributed by atoms with E-state index in [0.717, 1.165) is 24.2 Å². The third-order valence-corrected chi connectivity index (χ3v) is 2.79. The summed E-state index contributed by atoms with van der Waals surface area (Å²) >= 11 is 0. The molecule has 17 heavy (non-hydrogen) atoms. The Morgan fingerprint density at radius 2 is 2.12 bits per heavy atom. The number of anilines is 1. The Hall–Kier alpha value is -1.51. The standard InChI is InChI=1S/C14H22N2O/c1-11(2)8-9-16(4)14(17)12-6-5-7-13(10-12)15-3/h5-7,10-11,15H,8-9H2,1-4H3. The smallest absolute Gasteiger partial charge is 0.253 e. The van der Waals surface area contributed by atoms with E-state index in [1.165, 1.54) is 0 Å². The van der Waals surface area contributed by atoms with Gasteiger partial charge in [-0.25, -0.2) is 0 Å². The monoisotopic (exact) mass is 234 g/mol. The Kier molecular flexibility index (Phi) is 5.01. The van der Waals surface area contributed by atoms with Crippen molar-refractivity contribution >= 4 is 11.6 Å². The molecule has 0 spiro atoms. The van der Waals surface area contributed by atoms with E-state index in [1.807, 2.05) is 38.4 Å². The van der Waals surface area contributed by atoms with Gasteiger partial charge >= 0.3 is 0 Å². The summed E-state index contributed by atoms with van der Waals surface area (Å²) in [4.78, 5) is 13.9. The van der Waals surface area contributed by atoms with Gasteiger partial charge in [-0.2, -0.15) is 0 Å². The molecule has 0 bridgehead atoms. The average molecular weight is 234 g/mol. The van der Waals surface area contributed by atoms with Crippen molar-refractivity contribution in [1.29, 1.82) is 0 Å². The molecular formula is C14H22N2O. The van der Waals surface area contributed by atoms with Crippen molar-refractivity contribution in [3.05, 3.63) is 29.8 Å². The maximum absolute atomic E-state index is 12.1. The fraction of sp³-hybridized carbons (Fsp3) is 0.500. The number of rotatable bonds is 5. The molecule has 1 N–H and O–H groups in total. The molecule has 0 aliphatic rings. The van der Waals surface area contributed by atoms with Gasteiger partial charge in [0.15, 0.2) is 0 Å². The van der Waals surface area contributed by atoms with Gasteiger partial charge in [0.05, 0.1) is 0 Å². The van der Waals surface area contributed by atoms with E-state index < -0.39 is 0 Å². The van der Waals surface area contributed by atoms with Crippen LogP contribution in [0.4, 0.5) is 5.69 Å². The van der Waals surface area contributed by atoms with Gasteiger partial charge in [0.25, 0.3) is 5.91 Å². The van der Waals surface area contributed by atoms with E-state index in [0.29, 0.717) is 5.92 Å². The van der Waals surface area contributed by atoms with Crippen LogP contribution < -0.4 is 5.32 Å². The van der Waals surface area contributed by atoms with Crippen LogP contribution in [-0.2, 0) is 0 Å². The number of benzene rings is 1. The highest BCUT2D eigenvalue weighted by atomic mass is 16.2. The number of carbonyl (C=O) groups excluding carboxylic acids is 1. The topological polar surface area (TPSA) is 32.3 Å². The van der Waals surface area contributed by atoms with Crippen molar-refractivity contribution in [3.8, 4) is 0 Å². The van der Waals surface area contributed by atoms with Crippen LogP contribution in [0.2, 0.25) is 0 Å². The molecule has 0 aromatic heterocycles. The molecule has 3 heteroatoms. The van der Waals surface area contributed by atoms with E-state index in [-0.39, 0.29) is 5.91 Å². The molecular weight excluding hydrogens is 212 g/mol. The summed E-state index contributed by atoms with van der Waals surface area (Å²) in [5.41, 5.74) is 1.70. The molecule has 3 nitrogen and oxygen atoms in total. The minimum atomic E-state index is 0.0859. The fourth-order valence-corrected chi connectivity index (χ4v) is 1.58. The van der Waals surface area contributed by atoms with Gasteiger partial charge in [0, 0.05) is 31.9 Å². The molecule has 0 fully saturated rings. The zero-order valence-corrected chi connectivity index (χ0v) is 11.2. The summed E-state index contributed by atoms with van der Waals surface area (Å²) in [7, 11) is 3.71. The van der Waals surface area contributed by atoms with Gasteiger partial charge in [0.2, 0.25) is 0 Å². The number of hydrogen-bond acceptors (Lipinski definition) is 2. The van der Waals surface area contributed by atoms with E-state index >= 15 is 0 Å². The predicted molar refractivity (Wildman–Crippen MR) is 72.4 cm³/mol. The second kappa shape index (κ2) is 6.28. The van der Waals surface area contributed by atoms with Gasteiger partial charge in [-0.1, -0.05) is 19.9 Å². The lowest BCUT2D eigenvalue weighted by Gasteiger charge is -2.18. The first-order chi connectivity index (χ1) is 8.04. The Balaban J connectivity index is 2.67. The summed E-state index contributed by atoms with van der Waals surface area (Å²) in [6.45, 7) is 5.14. The third-order valence-electron chi connectivity index (χ3n) is 2.79. The van der Waals surface area contributed by atoms with Gasteiger partial charge in [-0.3, -0.25) is 4.79 Å². The lowest BCUT2D eigenvalue weighted by molar-refractivity contribution is 0.0789.